The molecule has 0 aliphatic carbocycles. The summed E-state index contributed by atoms with van der Waals surface area (Å²) in [5.74, 6) is 1.41. The maximum absolute atomic E-state index is 5.72. The molecule has 1 N–H and O–H groups in total. The third kappa shape index (κ3) is 12.1. The van der Waals surface area contributed by atoms with Crippen molar-refractivity contribution in [2.24, 2.45) is 5.92 Å². The molecular formula is C12H26ClNO. The van der Waals surface area contributed by atoms with Crippen molar-refractivity contribution in [3.63, 3.8) is 0 Å². The summed E-state index contributed by atoms with van der Waals surface area (Å²) in [7, 11) is 0. The summed E-state index contributed by atoms with van der Waals surface area (Å²) in [6, 6.07) is 0. The smallest absolute Gasteiger partial charge is 0.0599 e. The minimum atomic E-state index is -0.0190. The highest BCUT2D eigenvalue weighted by Crippen LogP contribution is 2.06. The average Bonchev–Trinajstić information content (AvgIpc) is 2.14. The van der Waals surface area contributed by atoms with Gasteiger partial charge in [-0.1, -0.05) is 6.92 Å². The summed E-state index contributed by atoms with van der Waals surface area (Å²) in [5, 5.41) is 3.37. The number of hydrogen-bond acceptors (Lipinski definition) is 2. The average molecular weight is 236 g/mol. The van der Waals surface area contributed by atoms with Gasteiger partial charge in [0.1, 0.15) is 0 Å². The van der Waals surface area contributed by atoms with E-state index in [1.165, 1.54) is 12.8 Å². The number of nitrogens with one attached hydrogen (secondary N) is 1. The van der Waals surface area contributed by atoms with E-state index in [1.54, 1.807) is 0 Å². The molecule has 3 heteroatoms. The molecule has 0 fully saturated rings. The van der Waals surface area contributed by atoms with Gasteiger partial charge in [-0.25, -0.2) is 0 Å². The fourth-order valence-corrected chi connectivity index (χ4v) is 1.36. The molecule has 0 aromatic heterocycles. The van der Waals surface area contributed by atoms with Crippen LogP contribution in [0.2, 0.25) is 0 Å². The largest absolute Gasteiger partial charge is 0.375 e. The molecule has 0 bridgehead atoms. The molecule has 0 aromatic carbocycles. The van der Waals surface area contributed by atoms with Crippen LogP contribution in [-0.2, 0) is 4.74 Å². The number of alkyl halides is 1. The molecule has 0 aliphatic heterocycles. The van der Waals surface area contributed by atoms with Crippen molar-refractivity contribution < 1.29 is 4.74 Å². The van der Waals surface area contributed by atoms with Crippen LogP contribution < -0.4 is 5.32 Å². The van der Waals surface area contributed by atoms with Crippen LogP contribution in [0.3, 0.4) is 0 Å². The minimum absolute atomic E-state index is 0.0190. The Morgan fingerprint density at radius 3 is 2.47 bits per heavy atom. The van der Waals surface area contributed by atoms with Crippen LogP contribution in [0.4, 0.5) is 0 Å². The molecule has 0 heterocycles. The van der Waals surface area contributed by atoms with Gasteiger partial charge >= 0.3 is 0 Å². The van der Waals surface area contributed by atoms with Crippen molar-refractivity contribution in [2.45, 2.75) is 46.1 Å². The van der Waals surface area contributed by atoms with E-state index < -0.39 is 0 Å². The second-order valence-corrected chi connectivity index (χ2v) is 5.42. The first-order chi connectivity index (χ1) is 6.95. The zero-order valence-corrected chi connectivity index (χ0v) is 11.4. The lowest BCUT2D eigenvalue weighted by Gasteiger charge is -2.19. The Bertz CT molecular complexity index is 145. The first-order valence-electron chi connectivity index (χ1n) is 5.86. The fourth-order valence-electron chi connectivity index (χ4n) is 1.21. The molecule has 0 amide bonds. The Hall–Kier alpha value is 0.210. The van der Waals surface area contributed by atoms with Crippen molar-refractivity contribution in [3.8, 4) is 0 Å². The van der Waals surface area contributed by atoms with Crippen molar-refractivity contribution in [1.82, 2.24) is 5.32 Å². The highest BCUT2D eigenvalue weighted by Gasteiger charge is 2.08. The fraction of sp³-hybridized carbons (Fsp3) is 1.00. The van der Waals surface area contributed by atoms with Crippen LogP contribution in [0, 0.1) is 5.92 Å². The van der Waals surface area contributed by atoms with E-state index in [4.69, 9.17) is 16.3 Å². The molecule has 1 unspecified atom stereocenters. The standard InChI is InChI=1S/C12H26ClNO/c1-11(10-13)6-5-7-14-8-9-15-12(2,3)4/h11,14H,5-10H2,1-4H3. The van der Waals surface area contributed by atoms with E-state index in [1.807, 2.05) is 0 Å². The molecule has 0 rings (SSSR count). The lowest BCUT2D eigenvalue weighted by molar-refractivity contribution is -0.000765. The monoisotopic (exact) mass is 235 g/mol. The Kier molecular flexibility index (Phi) is 8.49. The van der Waals surface area contributed by atoms with Crippen LogP contribution in [0.1, 0.15) is 40.5 Å². The number of hydrogen-bond donors (Lipinski definition) is 1. The third-order valence-corrected chi connectivity index (χ3v) is 2.65. The van der Waals surface area contributed by atoms with E-state index >= 15 is 0 Å². The summed E-state index contributed by atoms with van der Waals surface area (Å²) < 4.78 is 5.59. The first kappa shape index (κ1) is 15.2. The van der Waals surface area contributed by atoms with Crippen LogP contribution >= 0.6 is 11.6 Å². The van der Waals surface area contributed by atoms with E-state index in [9.17, 15) is 0 Å². The zero-order chi connectivity index (χ0) is 11.7. The second kappa shape index (κ2) is 8.37. The van der Waals surface area contributed by atoms with Crippen molar-refractivity contribution in [3.05, 3.63) is 0 Å². The minimum Gasteiger partial charge on any atom is -0.375 e. The maximum atomic E-state index is 5.72. The van der Waals surface area contributed by atoms with E-state index in [-0.39, 0.29) is 5.60 Å². The maximum Gasteiger partial charge on any atom is 0.0599 e. The highest BCUT2D eigenvalue weighted by atomic mass is 35.5. The Morgan fingerprint density at radius 1 is 1.27 bits per heavy atom. The van der Waals surface area contributed by atoms with Gasteiger partial charge in [0, 0.05) is 12.4 Å². The predicted octanol–water partition coefficient (Wildman–Crippen LogP) is 3.05. The van der Waals surface area contributed by atoms with E-state index in [2.05, 4.69) is 33.0 Å². The third-order valence-electron chi connectivity index (χ3n) is 2.13. The molecule has 0 radical (unpaired) electrons. The molecule has 0 aromatic rings. The lowest BCUT2D eigenvalue weighted by Crippen LogP contribution is -2.27. The van der Waals surface area contributed by atoms with Gasteiger partial charge in [0.2, 0.25) is 0 Å². The van der Waals surface area contributed by atoms with Gasteiger partial charge in [-0.2, -0.15) is 0 Å². The Labute approximate surface area is 99.7 Å². The van der Waals surface area contributed by atoms with Gasteiger partial charge < -0.3 is 10.1 Å². The van der Waals surface area contributed by atoms with Crippen molar-refractivity contribution in [2.75, 3.05) is 25.6 Å². The topological polar surface area (TPSA) is 21.3 Å². The molecule has 1 atom stereocenters. The van der Waals surface area contributed by atoms with Crippen LogP contribution in [-0.4, -0.2) is 31.2 Å². The normalized spacial score (nSPS) is 14.2. The number of ether oxygens (including phenoxy) is 1. The van der Waals surface area contributed by atoms with Gasteiger partial charge in [-0.3, -0.25) is 0 Å². The first-order valence-corrected chi connectivity index (χ1v) is 6.40. The zero-order valence-electron chi connectivity index (χ0n) is 10.6. The summed E-state index contributed by atoms with van der Waals surface area (Å²) >= 11 is 5.72. The van der Waals surface area contributed by atoms with Gasteiger partial charge in [0.05, 0.1) is 12.2 Å². The molecule has 0 spiro atoms. The van der Waals surface area contributed by atoms with Crippen LogP contribution in [0.15, 0.2) is 0 Å². The summed E-state index contributed by atoms with van der Waals surface area (Å²) in [6.07, 6.45) is 2.40. The number of rotatable bonds is 8. The second-order valence-electron chi connectivity index (χ2n) is 5.11. The molecule has 92 valence electrons. The van der Waals surface area contributed by atoms with Gasteiger partial charge in [0.15, 0.2) is 0 Å². The summed E-state index contributed by atoms with van der Waals surface area (Å²) in [5.41, 5.74) is -0.0190. The Morgan fingerprint density at radius 2 is 1.93 bits per heavy atom. The summed E-state index contributed by atoms with van der Waals surface area (Å²) in [4.78, 5) is 0. The van der Waals surface area contributed by atoms with Crippen LogP contribution in [0.25, 0.3) is 0 Å². The quantitative estimate of drug-likeness (QED) is 0.516. The predicted molar refractivity (Wildman–Crippen MR) is 67.7 cm³/mol. The molecule has 2 nitrogen and oxygen atoms in total. The molecule has 0 saturated heterocycles. The molecular weight excluding hydrogens is 210 g/mol. The number of halogens is 1. The highest BCUT2D eigenvalue weighted by molar-refractivity contribution is 6.18. The van der Waals surface area contributed by atoms with Gasteiger partial charge in [-0.15, -0.1) is 11.6 Å². The Balaban J connectivity index is 3.12. The van der Waals surface area contributed by atoms with E-state index in [0.717, 1.165) is 25.6 Å². The molecule has 0 aliphatic rings. The SMILES string of the molecule is CC(CCl)CCCNCCOC(C)(C)C. The molecule has 0 saturated carbocycles. The molecule has 15 heavy (non-hydrogen) atoms. The van der Waals surface area contributed by atoms with Crippen molar-refractivity contribution in [1.29, 1.82) is 0 Å². The van der Waals surface area contributed by atoms with Gasteiger partial charge in [-0.05, 0) is 46.1 Å². The lowest BCUT2D eigenvalue weighted by atomic mass is 10.1. The van der Waals surface area contributed by atoms with Gasteiger partial charge in [0.25, 0.3) is 0 Å². The van der Waals surface area contributed by atoms with E-state index in [0.29, 0.717) is 5.92 Å². The summed E-state index contributed by atoms with van der Waals surface area (Å²) in [6.45, 7) is 11.2. The van der Waals surface area contributed by atoms with Crippen LogP contribution in [0.5, 0.6) is 0 Å². The van der Waals surface area contributed by atoms with Crippen molar-refractivity contribution >= 4 is 11.6 Å².